The highest BCUT2D eigenvalue weighted by molar-refractivity contribution is 7.98. The number of nitro benzene ring substituents is 1. The molecular weight excluding hydrogens is 394 g/mol. The van der Waals surface area contributed by atoms with E-state index in [0.717, 1.165) is 16.0 Å². The second kappa shape index (κ2) is 7.57. The molecule has 0 atom stereocenters. The molecule has 0 fully saturated rings. The summed E-state index contributed by atoms with van der Waals surface area (Å²) in [6, 6.07) is 18.3. The van der Waals surface area contributed by atoms with Gasteiger partial charge in [-0.25, -0.2) is 4.98 Å². The smallest absolute Gasteiger partial charge is 0.269 e. The summed E-state index contributed by atoms with van der Waals surface area (Å²) in [4.78, 5) is 29.7. The number of benzene rings is 2. The van der Waals surface area contributed by atoms with Crippen molar-refractivity contribution in [2.45, 2.75) is 10.9 Å². The van der Waals surface area contributed by atoms with Gasteiger partial charge in [0.05, 0.1) is 10.3 Å². The van der Waals surface area contributed by atoms with Gasteiger partial charge in [-0.15, -0.1) is 11.3 Å². The summed E-state index contributed by atoms with van der Waals surface area (Å²) in [5, 5.41) is 12.1. The monoisotopic (exact) mass is 409 g/mol. The van der Waals surface area contributed by atoms with E-state index >= 15 is 0 Å². The number of thiophene rings is 1. The zero-order valence-corrected chi connectivity index (χ0v) is 16.5. The molecule has 0 amide bonds. The number of thioether (sulfide) groups is 1. The summed E-state index contributed by atoms with van der Waals surface area (Å²) < 4.78 is 1.53. The van der Waals surface area contributed by atoms with Gasteiger partial charge in [0, 0.05) is 29.8 Å². The molecule has 0 spiro atoms. The molecule has 6 nitrogen and oxygen atoms in total. The standard InChI is InChI=1S/C20H15N3O3S2/c1-22-19(24)16-11-17(14-7-3-2-4-8-14)28-18(16)21-20(22)27-12-13-6-5-9-15(10-13)23(25)26/h2-11H,12H2,1H3. The first-order valence-corrected chi connectivity index (χ1v) is 10.3. The lowest BCUT2D eigenvalue weighted by Crippen LogP contribution is -2.19. The Labute approximate surface area is 168 Å². The number of hydrogen-bond acceptors (Lipinski definition) is 6. The van der Waals surface area contributed by atoms with Crippen molar-refractivity contribution in [2.24, 2.45) is 7.05 Å². The van der Waals surface area contributed by atoms with E-state index in [-0.39, 0.29) is 11.2 Å². The largest absolute Gasteiger partial charge is 0.290 e. The van der Waals surface area contributed by atoms with Gasteiger partial charge in [0.25, 0.3) is 11.2 Å². The topological polar surface area (TPSA) is 78.0 Å². The molecule has 2 aromatic heterocycles. The maximum atomic E-state index is 12.8. The maximum Gasteiger partial charge on any atom is 0.269 e. The molecule has 2 aromatic carbocycles. The SMILES string of the molecule is Cn1c(SCc2cccc([N+](=O)[O-])c2)nc2sc(-c3ccccc3)cc2c1=O. The third kappa shape index (κ3) is 3.56. The fraction of sp³-hybridized carbons (Fsp3) is 0.100. The van der Waals surface area contributed by atoms with Crippen LogP contribution in [-0.2, 0) is 12.8 Å². The first-order chi connectivity index (χ1) is 13.5. The molecular formula is C20H15N3O3S2. The zero-order valence-electron chi connectivity index (χ0n) is 14.9. The summed E-state index contributed by atoms with van der Waals surface area (Å²) in [7, 11) is 1.70. The molecule has 0 saturated heterocycles. The van der Waals surface area contributed by atoms with Gasteiger partial charge in [0.2, 0.25) is 0 Å². The second-order valence-electron chi connectivity index (χ2n) is 6.17. The van der Waals surface area contributed by atoms with Crippen molar-refractivity contribution in [2.75, 3.05) is 0 Å². The van der Waals surface area contributed by atoms with Crippen LogP contribution in [0.1, 0.15) is 5.56 Å². The Hall–Kier alpha value is -2.97. The number of non-ortho nitro benzene ring substituents is 1. The molecule has 0 unspecified atom stereocenters. The van der Waals surface area contributed by atoms with Crippen molar-refractivity contribution in [3.8, 4) is 10.4 Å². The highest BCUT2D eigenvalue weighted by Crippen LogP contribution is 2.32. The molecule has 4 rings (SSSR count). The first-order valence-electron chi connectivity index (χ1n) is 8.45. The van der Waals surface area contributed by atoms with Crippen LogP contribution in [0.25, 0.3) is 20.7 Å². The van der Waals surface area contributed by atoms with E-state index in [1.165, 1.54) is 33.7 Å². The summed E-state index contributed by atoms with van der Waals surface area (Å²) in [5.41, 5.74) is 1.83. The lowest BCUT2D eigenvalue weighted by Gasteiger charge is -2.07. The van der Waals surface area contributed by atoms with Gasteiger partial charge in [-0.3, -0.25) is 19.5 Å². The van der Waals surface area contributed by atoms with Crippen LogP contribution in [0, 0.1) is 10.1 Å². The minimum Gasteiger partial charge on any atom is -0.290 e. The maximum absolute atomic E-state index is 12.8. The molecule has 2 heterocycles. The first kappa shape index (κ1) is 18.4. The van der Waals surface area contributed by atoms with Crippen LogP contribution in [-0.4, -0.2) is 14.5 Å². The average molecular weight is 409 g/mol. The highest BCUT2D eigenvalue weighted by Gasteiger charge is 2.14. The fourth-order valence-electron chi connectivity index (χ4n) is 2.83. The molecule has 0 aliphatic rings. The number of nitro groups is 1. The van der Waals surface area contributed by atoms with Crippen LogP contribution >= 0.6 is 23.1 Å². The summed E-state index contributed by atoms with van der Waals surface area (Å²) in [6.07, 6.45) is 0. The molecule has 4 aromatic rings. The van der Waals surface area contributed by atoms with Gasteiger partial charge in [0.1, 0.15) is 4.83 Å². The molecule has 0 radical (unpaired) electrons. The lowest BCUT2D eigenvalue weighted by atomic mass is 10.2. The van der Waals surface area contributed by atoms with E-state index in [2.05, 4.69) is 4.98 Å². The Balaban J connectivity index is 1.66. The predicted molar refractivity (Wildman–Crippen MR) is 113 cm³/mol. The van der Waals surface area contributed by atoms with Crippen LogP contribution in [0.4, 0.5) is 5.69 Å². The molecule has 0 N–H and O–H groups in total. The number of fused-ring (bicyclic) bond motifs is 1. The summed E-state index contributed by atoms with van der Waals surface area (Å²) >= 11 is 2.88. The van der Waals surface area contributed by atoms with E-state index in [4.69, 9.17) is 0 Å². The van der Waals surface area contributed by atoms with Gasteiger partial charge in [-0.05, 0) is 17.2 Å². The Morgan fingerprint density at radius 3 is 2.68 bits per heavy atom. The molecule has 0 bridgehead atoms. The number of hydrogen-bond donors (Lipinski definition) is 0. The van der Waals surface area contributed by atoms with Crippen molar-refractivity contribution in [1.82, 2.24) is 9.55 Å². The normalized spacial score (nSPS) is 11.0. The minimum absolute atomic E-state index is 0.0566. The summed E-state index contributed by atoms with van der Waals surface area (Å²) in [6.45, 7) is 0. The Morgan fingerprint density at radius 1 is 1.14 bits per heavy atom. The van der Waals surface area contributed by atoms with E-state index in [9.17, 15) is 14.9 Å². The van der Waals surface area contributed by atoms with Gasteiger partial charge in [-0.1, -0.05) is 54.2 Å². The van der Waals surface area contributed by atoms with E-state index in [1.807, 2.05) is 42.5 Å². The molecule has 28 heavy (non-hydrogen) atoms. The highest BCUT2D eigenvalue weighted by atomic mass is 32.2. The predicted octanol–water partition coefficient (Wildman–Crippen LogP) is 4.86. The molecule has 0 saturated carbocycles. The van der Waals surface area contributed by atoms with Crippen LogP contribution in [0.15, 0.2) is 70.6 Å². The van der Waals surface area contributed by atoms with Crippen molar-refractivity contribution in [3.05, 3.63) is 86.7 Å². The second-order valence-corrected chi connectivity index (χ2v) is 8.14. The van der Waals surface area contributed by atoms with Crippen LogP contribution in [0.2, 0.25) is 0 Å². The minimum atomic E-state index is -0.412. The van der Waals surface area contributed by atoms with Crippen molar-refractivity contribution in [3.63, 3.8) is 0 Å². The Kier molecular flexibility index (Phi) is 4.97. The van der Waals surface area contributed by atoms with Crippen molar-refractivity contribution >= 4 is 39.0 Å². The van der Waals surface area contributed by atoms with E-state index < -0.39 is 4.92 Å². The van der Waals surface area contributed by atoms with Gasteiger partial charge >= 0.3 is 0 Å². The Morgan fingerprint density at radius 2 is 1.93 bits per heavy atom. The van der Waals surface area contributed by atoms with Crippen LogP contribution < -0.4 is 5.56 Å². The van der Waals surface area contributed by atoms with Gasteiger partial charge in [0.15, 0.2) is 5.16 Å². The van der Waals surface area contributed by atoms with E-state index in [1.54, 1.807) is 19.2 Å². The third-order valence-corrected chi connectivity index (χ3v) is 6.46. The molecule has 8 heteroatoms. The quantitative estimate of drug-likeness (QED) is 0.203. The lowest BCUT2D eigenvalue weighted by molar-refractivity contribution is -0.384. The Bertz CT molecular complexity index is 1230. The molecule has 140 valence electrons. The van der Waals surface area contributed by atoms with Crippen molar-refractivity contribution in [1.29, 1.82) is 0 Å². The zero-order chi connectivity index (χ0) is 19.7. The van der Waals surface area contributed by atoms with Crippen molar-refractivity contribution < 1.29 is 4.92 Å². The van der Waals surface area contributed by atoms with Crippen LogP contribution in [0.3, 0.4) is 0 Å². The third-order valence-electron chi connectivity index (χ3n) is 4.28. The van der Waals surface area contributed by atoms with Gasteiger partial charge in [-0.2, -0.15) is 0 Å². The fourth-order valence-corrected chi connectivity index (χ4v) is 4.82. The number of nitrogens with zero attached hydrogens (tertiary/aromatic N) is 3. The van der Waals surface area contributed by atoms with Gasteiger partial charge < -0.3 is 0 Å². The summed E-state index contributed by atoms with van der Waals surface area (Å²) in [5.74, 6) is 0.490. The number of rotatable bonds is 5. The molecule has 0 aliphatic heterocycles. The van der Waals surface area contributed by atoms with E-state index in [0.29, 0.717) is 21.1 Å². The number of aromatic nitrogens is 2. The van der Waals surface area contributed by atoms with Crippen LogP contribution in [0.5, 0.6) is 0 Å². The average Bonchev–Trinajstić information content (AvgIpc) is 3.15. The molecule has 0 aliphatic carbocycles.